The Hall–Kier alpha value is -4.64. The maximum Gasteiger partial charge on any atom is 0.226 e. The summed E-state index contributed by atoms with van der Waals surface area (Å²) in [7, 11) is 5.09. The molecule has 0 unspecified atom stereocenters. The second-order valence-electron chi connectivity index (χ2n) is 7.42. The summed E-state index contributed by atoms with van der Waals surface area (Å²) in [5.41, 5.74) is 5.85. The summed E-state index contributed by atoms with van der Waals surface area (Å²) >= 11 is 0. The Morgan fingerprint density at radius 1 is 0.939 bits per heavy atom. The molecule has 8 nitrogen and oxygen atoms in total. The van der Waals surface area contributed by atoms with Crippen LogP contribution in [0.4, 0.5) is 0 Å². The van der Waals surface area contributed by atoms with Crippen LogP contribution in [0.5, 0.6) is 11.6 Å². The Bertz CT molecular complexity index is 1610. The van der Waals surface area contributed by atoms with Crippen molar-refractivity contribution in [3.8, 4) is 34.6 Å². The third-order valence-electron chi connectivity index (χ3n) is 5.65. The molecule has 5 aromatic rings. The minimum absolute atomic E-state index is 0.473. The van der Waals surface area contributed by atoms with Gasteiger partial charge in [0.1, 0.15) is 5.75 Å². The number of hydrogen-bond acceptors (Lipinski definition) is 6. The lowest BCUT2D eigenvalue weighted by atomic mass is 10.0. The van der Waals surface area contributed by atoms with E-state index in [0.29, 0.717) is 11.5 Å². The predicted octanol–water partition coefficient (Wildman–Crippen LogP) is 3.98. The first-order valence-corrected chi connectivity index (χ1v) is 10.2. The number of nitriles is 1. The Morgan fingerprint density at radius 2 is 1.79 bits per heavy atom. The number of rotatable bonds is 4. The van der Waals surface area contributed by atoms with Gasteiger partial charge in [0, 0.05) is 18.5 Å². The maximum atomic E-state index is 9.37. The zero-order valence-electron chi connectivity index (χ0n) is 18.4. The molecule has 0 N–H and O–H groups in total. The average Bonchev–Trinajstić information content (AvgIpc) is 3.15. The Balaban J connectivity index is 1.87. The van der Waals surface area contributed by atoms with E-state index in [1.54, 1.807) is 32.7 Å². The van der Waals surface area contributed by atoms with Gasteiger partial charge < -0.3 is 14.0 Å². The summed E-state index contributed by atoms with van der Waals surface area (Å²) in [4.78, 5) is 13.1. The van der Waals surface area contributed by atoms with E-state index in [0.717, 1.165) is 44.5 Å². The summed E-state index contributed by atoms with van der Waals surface area (Å²) < 4.78 is 14.4. The van der Waals surface area contributed by atoms with Crippen molar-refractivity contribution in [2.75, 3.05) is 14.2 Å². The summed E-state index contributed by atoms with van der Waals surface area (Å²) in [6, 6.07) is 17.7. The second kappa shape index (κ2) is 8.13. The molecule has 0 radical (unpaired) electrons. The van der Waals surface area contributed by atoms with Crippen LogP contribution in [-0.4, -0.2) is 33.3 Å². The summed E-state index contributed by atoms with van der Waals surface area (Å²) in [6.45, 7) is 0. The van der Waals surface area contributed by atoms with Crippen molar-refractivity contribution < 1.29 is 9.47 Å². The van der Waals surface area contributed by atoms with E-state index in [1.165, 1.54) is 0 Å². The first-order valence-electron chi connectivity index (χ1n) is 10.2. The van der Waals surface area contributed by atoms with Crippen LogP contribution in [0.2, 0.25) is 0 Å². The number of methoxy groups -OCH3 is 2. The highest BCUT2D eigenvalue weighted by molar-refractivity contribution is 6.04. The van der Waals surface area contributed by atoms with E-state index in [2.05, 4.69) is 21.0 Å². The molecule has 0 aliphatic carbocycles. The molecule has 33 heavy (non-hydrogen) atoms. The van der Waals surface area contributed by atoms with E-state index >= 15 is 0 Å². The second-order valence-corrected chi connectivity index (χ2v) is 7.42. The van der Waals surface area contributed by atoms with Crippen molar-refractivity contribution in [3.05, 3.63) is 72.6 Å². The van der Waals surface area contributed by atoms with E-state index in [4.69, 9.17) is 9.47 Å². The minimum atomic E-state index is 0.473. The fourth-order valence-electron chi connectivity index (χ4n) is 4.03. The van der Waals surface area contributed by atoms with Crippen molar-refractivity contribution in [3.63, 3.8) is 0 Å². The summed E-state index contributed by atoms with van der Waals surface area (Å²) in [5, 5.41) is 10.3. The minimum Gasteiger partial charge on any atom is -0.497 e. The number of benzene rings is 2. The molecular formula is C25H20N6O2. The normalized spacial score (nSPS) is 11.6. The number of fused-ring (bicyclic) bond motifs is 3. The van der Waals surface area contributed by atoms with Crippen LogP contribution in [0.3, 0.4) is 0 Å². The Morgan fingerprint density at radius 3 is 2.52 bits per heavy atom. The zero-order chi connectivity index (χ0) is 22.9. The highest BCUT2D eigenvalue weighted by Crippen LogP contribution is 2.31. The molecule has 0 aliphatic rings. The van der Waals surface area contributed by atoms with Crippen LogP contribution in [0.25, 0.3) is 38.8 Å². The molecule has 0 fully saturated rings. The lowest BCUT2D eigenvalue weighted by molar-refractivity contribution is 0.398. The summed E-state index contributed by atoms with van der Waals surface area (Å²) in [5.74, 6) is 1.29. The van der Waals surface area contributed by atoms with Crippen molar-refractivity contribution in [2.45, 2.75) is 0 Å². The van der Waals surface area contributed by atoms with Crippen molar-refractivity contribution in [2.24, 2.45) is 12.0 Å². The van der Waals surface area contributed by atoms with E-state index in [1.807, 2.05) is 64.8 Å². The Labute approximate surface area is 189 Å². The molecule has 2 aromatic carbocycles. The van der Waals surface area contributed by atoms with Crippen molar-refractivity contribution in [1.82, 2.24) is 19.1 Å². The van der Waals surface area contributed by atoms with Gasteiger partial charge in [-0.25, -0.2) is 4.98 Å². The number of ether oxygens (including phenoxy) is 2. The van der Waals surface area contributed by atoms with Gasteiger partial charge in [0.2, 0.25) is 17.7 Å². The number of pyridine rings is 2. The number of aryl methyl sites for hydroxylation is 1. The summed E-state index contributed by atoms with van der Waals surface area (Å²) in [6.07, 6.45) is 5.42. The van der Waals surface area contributed by atoms with Crippen LogP contribution in [0, 0.1) is 11.5 Å². The average molecular weight is 436 g/mol. The highest BCUT2D eigenvalue weighted by Gasteiger charge is 2.16. The Kier molecular flexibility index (Phi) is 4.99. The molecule has 0 atom stereocenters. The topological polar surface area (TPSA) is 90.2 Å². The molecule has 162 valence electrons. The number of nitrogens with zero attached hydrogens (tertiary/aromatic N) is 6. The molecule has 0 aliphatic heterocycles. The van der Waals surface area contributed by atoms with E-state index in [9.17, 15) is 5.26 Å². The van der Waals surface area contributed by atoms with Crippen LogP contribution in [0.15, 0.2) is 72.0 Å². The quantitative estimate of drug-likeness (QED) is 0.398. The lowest BCUT2D eigenvalue weighted by Crippen LogP contribution is -2.22. The van der Waals surface area contributed by atoms with Crippen molar-refractivity contribution >= 4 is 21.9 Å². The fraction of sp³-hybridized carbons (Fsp3) is 0.120. The van der Waals surface area contributed by atoms with Crippen LogP contribution >= 0.6 is 0 Å². The highest BCUT2D eigenvalue weighted by atomic mass is 16.5. The van der Waals surface area contributed by atoms with Gasteiger partial charge in [0.25, 0.3) is 0 Å². The first-order chi connectivity index (χ1) is 16.1. The molecule has 8 heteroatoms. The largest absolute Gasteiger partial charge is 0.497 e. The molecule has 3 aromatic heterocycles. The van der Waals surface area contributed by atoms with E-state index < -0.39 is 0 Å². The molecule has 0 bridgehead atoms. The molecule has 0 saturated carbocycles. The molecule has 0 amide bonds. The number of aromatic nitrogens is 4. The van der Waals surface area contributed by atoms with Crippen LogP contribution in [-0.2, 0) is 7.05 Å². The smallest absolute Gasteiger partial charge is 0.226 e. The molecule has 0 saturated heterocycles. The van der Waals surface area contributed by atoms with Gasteiger partial charge in [-0.05, 0) is 41.5 Å². The monoisotopic (exact) mass is 436 g/mol. The van der Waals surface area contributed by atoms with Gasteiger partial charge in [-0.3, -0.25) is 9.55 Å². The number of imidazole rings is 1. The van der Waals surface area contributed by atoms with Crippen LogP contribution in [0.1, 0.15) is 0 Å². The fourth-order valence-corrected chi connectivity index (χ4v) is 4.03. The predicted molar refractivity (Wildman–Crippen MR) is 125 cm³/mol. The SMILES string of the molecule is COc1cccc(-c2ccc3ncc4c(c3c2)n(-c2ccc(OC)nc2)/c(=N\C#N)n4C)c1. The van der Waals surface area contributed by atoms with Gasteiger partial charge in [0.15, 0.2) is 0 Å². The van der Waals surface area contributed by atoms with Gasteiger partial charge >= 0.3 is 0 Å². The molecule has 0 spiro atoms. The molecule has 3 heterocycles. The molecule has 5 rings (SSSR count). The third kappa shape index (κ3) is 3.36. The van der Waals surface area contributed by atoms with Gasteiger partial charge in [-0.15, -0.1) is 4.99 Å². The van der Waals surface area contributed by atoms with Crippen molar-refractivity contribution in [1.29, 1.82) is 5.26 Å². The standard InChI is InChI=1S/C25H20N6O2/c1-30-22-14-27-21-9-7-17(16-5-4-6-19(11-16)32-2)12-20(21)24(22)31(25(30)29-15-26)18-8-10-23(33-3)28-13-18/h4-14H,1-3H3/b29-25-. The number of hydrogen-bond donors (Lipinski definition) is 0. The maximum absolute atomic E-state index is 9.37. The molecular weight excluding hydrogens is 416 g/mol. The van der Waals surface area contributed by atoms with Gasteiger partial charge in [0.05, 0.1) is 48.9 Å². The van der Waals surface area contributed by atoms with Crippen LogP contribution < -0.4 is 15.1 Å². The first kappa shape index (κ1) is 20.3. The third-order valence-corrected chi connectivity index (χ3v) is 5.65. The zero-order valence-corrected chi connectivity index (χ0v) is 18.4. The van der Waals surface area contributed by atoms with Gasteiger partial charge in [-0.2, -0.15) is 5.26 Å². The van der Waals surface area contributed by atoms with Gasteiger partial charge in [-0.1, -0.05) is 18.2 Å². The lowest BCUT2D eigenvalue weighted by Gasteiger charge is -2.09. The van der Waals surface area contributed by atoms with E-state index in [-0.39, 0.29) is 0 Å².